The van der Waals surface area contributed by atoms with Crippen LogP contribution in [0.15, 0.2) is 83.8 Å². The summed E-state index contributed by atoms with van der Waals surface area (Å²) in [4.78, 5) is 12.8. The molecule has 3 aromatic carbocycles. The number of para-hydroxylation sites is 1. The van der Waals surface area contributed by atoms with E-state index in [0.717, 1.165) is 36.8 Å². The highest BCUT2D eigenvalue weighted by Crippen LogP contribution is 2.24. The van der Waals surface area contributed by atoms with Gasteiger partial charge in [-0.15, -0.1) is 0 Å². The zero-order chi connectivity index (χ0) is 23.8. The molecule has 0 aliphatic carbocycles. The summed E-state index contributed by atoms with van der Waals surface area (Å²) in [7, 11) is -3.58. The van der Waals surface area contributed by atoms with Gasteiger partial charge in [-0.25, -0.2) is 8.42 Å². The Bertz CT molecular complexity index is 1200. The molecule has 1 saturated heterocycles. The first-order valence-electron chi connectivity index (χ1n) is 11.7. The number of anilines is 1. The molecule has 1 aliphatic heterocycles. The van der Waals surface area contributed by atoms with Gasteiger partial charge >= 0.3 is 0 Å². The van der Waals surface area contributed by atoms with E-state index in [1.54, 1.807) is 22.5 Å². The number of nitrogens with one attached hydrogen (secondary N) is 1. The van der Waals surface area contributed by atoms with E-state index in [9.17, 15) is 13.2 Å². The molecule has 3 aromatic rings. The van der Waals surface area contributed by atoms with E-state index in [2.05, 4.69) is 17.4 Å². The number of hydrogen-bond donors (Lipinski definition) is 1. The van der Waals surface area contributed by atoms with Crippen LogP contribution in [0.4, 0.5) is 5.69 Å². The van der Waals surface area contributed by atoms with Gasteiger partial charge in [0.25, 0.3) is 5.91 Å². The van der Waals surface area contributed by atoms with E-state index >= 15 is 0 Å². The van der Waals surface area contributed by atoms with E-state index < -0.39 is 10.0 Å². The van der Waals surface area contributed by atoms with Gasteiger partial charge in [-0.2, -0.15) is 4.31 Å². The number of nitrogens with zero attached hydrogens (tertiary/aromatic N) is 1. The predicted molar refractivity (Wildman–Crippen MR) is 133 cm³/mol. The monoisotopic (exact) mass is 478 g/mol. The first-order chi connectivity index (χ1) is 16.5. The van der Waals surface area contributed by atoms with Gasteiger partial charge in [0.15, 0.2) is 6.61 Å². The molecule has 0 aromatic heterocycles. The van der Waals surface area contributed by atoms with Gasteiger partial charge in [0, 0.05) is 25.2 Å². The Morgan fingerprint density at radius 2 is 1.56 bits per heavy atom. The van der Waals surface area contributed by atoms with Crippen molar-refractivity contribution in [2.45, 2.75) is 37.0 Å². The van der Waals surface area contributed by atoms with Crippen LogP contribution in [0.2, 0.25) is 0 Å². The Balaban J connectivity index is 1.39. The lowest BCUT2D eigenvalue weighted by atomic mass is 10.0. The first-order valence-corrected chi connectivity index (χ1v) is 13.1. The Morgan fingerprint density at radius 1 is 0.853 bits per heavy atom. The third-order valence-corrected chi connectivity index (χ3v) is 7.78. The van der Waals surface area contributed by atoms with E-state index in [4.69, 9.17) is 4.74 Å². The van der Waals surface area contributed by atoms with Gasteiger partial charge in [-0.3, -0.25) is 4.79 Å². The van der Waals surface area contributed by atoms with Crippen molar-refractivity contribution in [3.8, 4) is 5.75 Å². The highest BCUT2D eigenvalue weighted by Gasteiger charge is 2.25. The molecule has 6 nitrogen and oxygen atoms in total. The van der Waals surface area contributed by atoms with Gasteiger partial charge in [-0.1, -0.05) is 67.4 Å². The molecule has 4 rings (SSSR count). The number of ether oxygens (including phenoxy) is 1. The molecule has 0 atom stereocenters. The summed E-state index contributed by atoms with van der Waals surface area (Å²) in [5.74, 6) is 0.304. The fourth-order valence-electron chi connectivity index (χ4n) is 4.11. The van der Waals surface area contributed by atoms with Crippen LogP contribution in [0.1, 0.15) is 36.8 Å². The number of rotatable bonds is 8. The SMILES string of the molecule is O=C(COc1ccccc1Cc1ccccc1)Nc1cccc(S(=O)(=O)N2CCCCCC2)c1. The lowest BCUT2D eigenvalue weighted by molar-refractivity contribution is -0.118. The summed E-state index contributed by atoms with van der Waals surface area (Å²) in [5, 5.41) is 2.76. The summed E-state index contributed by atoms with van der Waals surface area (Å²) in [6, 6.07) is 24.1. The summed E-state index contributed by atoms with van der Waals surface area (Å²) in [5.41, 5.74) is 2.58. The van der Waals surface area contributed by atoms with Crippen LogP contribution < -0.4 is 10.1 Å². The predicted octanol–water partition coefficient (Wildman–Crippen LogP) is 4.86. The minimum Gasteiger partial charge on any atom is -0.483 e. The zero-order valence-corrected chi connectivity index (χ0v) is 20.0. The molecule has 1 fully saturated rings. The van der Waals surface area contributed by atoms with Crippen molar-refractivity contribution in [1.82, 2.24) is 4.31 Å². The molecule has 1 heterocycles. The molecule has 0 spiro atoms. The van der Waals surface area contributed by atoms with Crippen LogP contribution in [-0.2, 0) is 21.2 Å². The molecule has 0 unspecified atom stereocenters. The summed E-state index contributed by atoms with van der Waals surface area (Å²) < 4.78 is 33.5. The number of hydrogen-bond acceptors (Lipinski definition) is 4. The number of sulfonamides is 1. The Labute approximate surface area is 201 Å². The molecule has 1 N–H and O–H groups in total. The van der Waals surface area contributed by atoms with E-state index in [1.165, 1.54) is 6.07 Å². The maximum atomic E-state index is 13.1. The highest BCUT2D eigenvalue weighted by atomic mass is 32.2. The Hall–Kier alpha value is -3.16. The standard InChI is InChI=1S/C27H30N2O4S/c30-27(21-33-26-16-7-6-13-23(26)19-22-11-4-3-5-12-22)28-24-14-10-15-25(20-24)34(31,32)29-17-8-1-2-9-18-29/h3-7,10-16,20H,1-2,8-9,17-19,21H2,(H,28,30). The van der Waals surface area contributed by atoms with Crippen LogP contribution in [0.25, 0.3) is 0 Å². The topological polar surface area (TPSA) is 75.7 Å². The summed E-state index contributed by atoms with van der Waals surface area (Å²) >= 11 is 0. The third-order valence-electron chi connectivity index (χ3n) is 5.89. The van der Waals surface area contributed by atoms with E-state index in [0.29, 0.717) is 30.9 Å². The molecule has 0 radical (unpaired) electrons. The molecular weight excluding hydrogens is 448 g/mol. The minimum atomic E-state index is -3.58. The second-order valence-electron chi connectivity index (χ2n) is 8.45. The number of amides is 1. The summed E-state index contributed by atoms with van der Waals surface area (Å²) in [6.45, 7) is 0.902. The van der Waals surface area contributed by atoms with Gasteiger partial charge in [0.1, 0.15) is 5.75 Å². The number of benzene rings is 3. The Morgan fingerprint density at radius 3 is 2.32 bits per heavy atom. The van der Waals surface area contributed by atoms with Crippen molar-refractivity contribution in [3.05, 3.63) is 90.0 Å². The third kappa shape index (κ3) is 6.24. The fraction of sp³-hybridized carbons (Fsp3) is 0.296. The molecule has 1 amide bonds. The van der Waals surface area contributed by atoms with Gasteiger partial charge in [0.05, 0.1) is 4.90 Å². The maximum Gasteiger partial charge on any atom is 0.262 e. The molecule has 0 bridgehead atoms. The first kappa shape index (κ1) is 24.0. The van der Waals surface area contributed by atoms with Crippen molar-refractivity contribution in [2.75, 3.05) is 25.0 Å². The summed E-state index contributed by atoms with van der Waals surface area (Å²) in [6.07, 6.45) is 4.56. The van der Waals surface area contributed by atoms with Crippen molar-refractivity contribution in [2.24, 2.45) is 0 Å². The Kier molecular flexibility index (Phi) is 7.98. The molecule has 1 aliphatic rings. The van der Waals surface area contributed by atoms with Crippen molar-refractivity contribution in [3.63, 3.8) is 0 Å². The zero-order valence-electron chi connectivity index (χ0n) is 19.2. The molecular formula is C27H30N2O4S. The number of carbonyl (C=O) groups is 1. The normalized spacial score (nSPS) is 14.8. The van der Waals surface area contributed by atoms with Crippen LogP contribution in [0.3, 0.4) is 0 Å². The maximum absolute atomic E-state index is 13.1. The van der Waals surface area contributed by atoms with Gasteiger partial charge in [0.2, 0.25) is 10.0 Å². The van der Waals surface area contributed by atoms with Crippen LogP contribution in [-0.4, -0.2) is 38.3 Å². The average molecular weight is 479 g/mol. The van der Waals surface area contributed by atoms with Crippen molar-refractivity contribution >= 4 is 21.6 Å². The smallest absolute Gasteiger partial charge is 0.262 e. The molecule has 34 heavy (non-hydrogen) atoms. The fourth-order valence-corrected chi connectivity index (χ4v) is 5.68. The molecule has 7 heteroatoms. The highest BCUT2D eigenvalue weighted by molar-refractivity contribution is 7.89. The van der Waals surface area contributed by atoms with Crippen molar-refractivity contribution < 1.29 is 17.9 Å². The van der Waals surface area contributed by atoms with E-state index in [1.807, 2.05) is 42.5 Å². The van der Waals surface area contributed by atoms with Crippen molar-refractivity contribution in [1.29, 1.82) is 0 Å². The van der Waals surface area contributed by atoms with E-state index in [-0.39, 0.29) is 17.4 Å². The largest absolute Gasteiger partial charge is 0.483 e. The average Bonchev–Trinajstić information content (AvgIpc) is 3.15. The quantitative estimate of drug-likeness (QED) is 0.502. The van der Waals surface area contributed by atoms with Crippen LogP contribution in [0, 0.1) is 0 Å². The second kappa shape index (κ2) is 11.3. The minimum absolute atomic E-state index is 0.172. The lowest BCUT2D eigenvalue weighted by Gasteiger charge is -2.20. The number of carbonyl (C=O) groups excluding carboxylic acids is 1. The molecule has 0 saturated carbocycles. The second-order valence-corrected chi connectivity index (χ2v) is 10.4. The van der Waals surface area contributed by atoms with Crippen LogP contribution in [0.5, 0.6) is 5.75 Å². The van der Waals surface area contributed by atoms with Gasteiger partial charge < -0.3 is 10.1 Å². The van der Waals surface area contributed by atoms with Crippen LogP contribution >= 0.6 is 0 Å². The lowest BCUT2D eigenvalue weighted by Crippen LogP contribution is -2.32. The molecule has 178 valence electrons. The van der Waals surface area contributed by atoms with Gasteiger partial charge in [-0.05, 0) is 48.2 Å².